The maximum absolute atomic E-state index is 12.0. The Morgan fingerprint density at radius 3 is 2.83 bits per heavy atom. The number of hydrogen-bond donors (Lipinski definition) is 3. The molecule has 152 valence electrons. The van der Waals surface area contributed by atoms with E-state index in [0.717, 1.165) is 24.8 Å². The van der Waals surface area contributed by atoms with Crippen LogP contribution in [0.5, 0.6) is 0 Å². The summed E-state index contributed by atoms with van der Waals surface area (Å²) in [6, 6.07) is 3.14. The normalized spacial score (nSPS) is 10.8. The molecule has 0 radical (unpaired) electrons. The molecular weight excluding hydrogens is 372 g/mol. The van der Waals surface area contributed by atoms with Crippen LogP contribution in [0, 0.1) is 0 Å². The van der Waals surface area contributed by atoms with Crippen LogP contribution in [0.25, 0.3) is 22.4 Å². The van der Waals surface area contributed by atoms with Crippen molar-refractivity contribution in [3.8, 4) is 11.3 Å². The molecule has 10 heteroatoms. The number of pyridine rings is 1. The number of carbonyl (C=O) groups excluding carboxylic acids is 2. The van der Waals surface area contributed by atoms with E-state index in [-0.39, 0.29) is 18.4 Å². The first-order valence-corrected chi connectivity index (χ1v) is 9.55. The number of hydrogen-bond acceptors (Lipinski definition) is 6. The van der Waals surface area contributed by atoms with Gasteiger partial charge < -0.3 is 11.1 Å². The molecule has 0 saturated carbocycles. The molecule has 0 spiro atoms. The number of anilines is 1. The molecule has 10 nitrogen and oxygen atoms in total. The van der Waals surface area contributed by atoms with Crippen LogP contribution in [-0.2, 0) is 11.3 Å². The van der Waals surface area contributed by atoms with Crippen LogP contribution in [0.1, 0.15) is 32.6 Å². The summed E-state index contributed by atoms with van der Waals surface area (Å²) in [5, 5.41) is 9.71. The van der Waals surface area contributed by atoms with Gasteiger partial charge in [-0.05, 0) is 18.6 Å². The number of carbonyl (C=O) groups is 2. The summed E-state index contributed by atoms with van der Waals surface area (Å²) in [4.78, 5) is 36.1. The Bertz CT molecular complexity index is 1000. The average Bonchev–Trinajstić information content (AvgIpc) is 3.18. The highest BCUT2D eigenvalue weighted by Crippen LogP contribution is 2.19. The van der Waals surface area contributed by atoms with Crippen LogP contribution in [0.15, 0.2) is 30.7 Å². The SMILES string of the molecule is CCCCCNC(=O)Nc1ccc2ncc(-c3cnn(CCC(N)=O)c3)nc2n1. The molecule has 0 fully saturated rings. The number of nitrogens with one attached hydrogen (secondary N) is 2. The fourth-order valence-electron chi connectivity index (χ4n) is 2.69. The zero-order valence-corrected chi connectivity index (χ0v) is 16.3. The summed E-state index contributed by atoms with van der Waals surface area (Å²) < 4.78 is 1.63. The topological polar surface area (TPSA) is 141 Å². The van der Waals surface area contributed by atoms with E-state index in [9.17, 15) is 9.59 Å². The number of rotatable bonds is 9. The number of amides is 3. The van der Waals surface area contributed by atoms with Crippen molar-refractivity contribution in [1.82, 2.24) is 30.0 Å². The summed E-state index contributed by atoms with van der Waals surface area (Å²) in [7, 11) is 0. The van der Waals surface area contributed by atoms with Gasteiger partial charge in [-0.15, -0.1) is 0 Å². The van der Waals surface area contributed by atoms with Crippen molar-refractivity contribution in [3.05, 3.63) is 30.7 Å². The molecule has 0 unspecified atom stereocenters. The van der Waals surface area contributed by atoms with Crippen LogP contribution in [-0.4, -0.2) is 43.2 Å². The summed E-state index contributed by atoms with van der Waals surface area (Å²) in [5.74, 6) is 0.0141. The van der Waals surface area contributed by atoms with E-state index in [0.29, 0.717) is 35.8 Å². The maximum Gasteiger partial charge on any atom is 0.320 e. The predicted molar refractivity (Wildman–Crippen MR) is 109 cm³/mol. The molecule has 29 heavy (non-hydrogen) atoms. The molecular formula is C19H24N8O2. The van der Waals surface area contributed by atoms with Gasteiger partial charge in [0.05, 0.1) is 18.1 Å². The summed E-state index contributed by atoms with van der Waals surface area (Å²) >= 11 is 0. The lowest BCUT2D eigenvalue weighted by Gasteiger charge is -2.07. The van der Waals surface area contributed by atoms with Crippen LogP contribution in [0.3, 0.4) is 0 Å². The van der Waals surface area contributed by atoms with Gasteiger partial charge in [-0.3, -0.25) is 19.8 Å². The van der Waals surface area contributed by atoms with Crippen molar-refractivity contribution in [2.24, 2.45) is 5.73 Å². The van der Waals surface area contributed by atoms with Crippen molar-refractivity contribution in [1.29, 1.82) is 0 Å². The highest BCUT2D eigenvalue weighted by atomic mass is 16.2. The Hall–Kier alpha value is -3.56. The number of urea groups is 1. The number of fused-ring (bicyclic) bond motifs is 1. The second-order valence-corrected chi connectivity index (χ2v) is 6.59. The number of unbranched alkanes of at least 4 members (excludes halogenated alkanes) is 2. The van der Waals surface area contributed by atoms with E-state index in [2.05, 4.69) is 37.6 Å². The van der Waals surface area contributed by atoms with E-state index in [1.54, 1.807) is 35.4 Å². The standard InChI is InChI=1S/C19H24N8O2/c1-2-3-4-8-21-19(29)26-17-6-5-14-18(25-17)24-15(11-22-14)13-10-23-27(12-13)9-7-16(20)28/h5-6,10-12H,2-4,7-9H2,1H3,(H2,20,28)(H2,21,24,25,26,29). The minimum absolute atomic E-state index is 0.210. The van der Waals surface area contributed by atoms with E-state index >= 15 is 0 Å². The summed E-state index contributed by atoms with van der Waals surface area (Å²) in [6.45, 7) is 3.13. The van der Waals surface area contributed by atoms with Gasteiger partial charge in [-0.25, -0.2) is 14.8 Å². The third-order valence-electron chi connectivity index (χ3n) is 4.23. The van der Waals surface area contributed by atoms with E-state index < -0.39 is 0 Å². The number of aromatic nitrogens is 5. The predicted octanol–water partition coefficient (Wildman–Crippen LogP) is 2.08. The molecule has 0 aliphatic carbocycles. The zero-order chi connectivity index (χ0) is 20.6. The van der Waals surface area contributed by atoms with Crippen molar-refractivity contribution in [3.63, 3.8) is 0 Å². The Morgan fingerprint density at radius 2 is 2.03 bits per heavy atom. The molecule has 0 saturated heterocycles. The first kappa shape index (κ1) is 20.2. The smallest absolute Gasteiger partial charge is 0.320 e. The lowest BCUT2D eigenvalue weighted by Crippen LogP contribution is -2.29. The Balaban J connectivity index is 1.70. The van der Waals surface area contributed by atoms with Gasteiger partial charge in [0.2, 0.25) is 5.91 Å². The van der Waals surface area contributed by atoms with Gasteiger partial charge in [0, 0.05) is 31.3 Å². The van der Waals surface area contributed by atoms with Gasteiger partial charge in [0.1, 0.15) is 11.3 Å². The molecule has 0 aliphatic heterocycles. The fraction of sp³-hybridized carbons (Fsp3) is 0.368. The number of nitrogens with two attached hydrogens (primary N) is 1. The number of aryl methyl sites for hydroxylation is 1. The first-order valence-electron chi connectivity index (χ1n) is 9.55. The Labute approximate surface area is 167 Å². The monoisotopic (exact) mass is 396 g/mol. The molecule has 0 atom stereocenters. The molecule has 4 N–H and O–H groups in total. The zero-order valence-electron chi connectivity index (χ0n) is 16.3. The van der Waals surface area contributed by atoms with Crippen molar-refractivity contribution in [2.75, 3.05) is 11.9 Å². The molecule has 0 aromatic carbocycles. The van der Waals surface area contributed by atoms with Crippen molar-refractivity contribution in [2.45, 2.75) is 39.2 Å². The van der Waals surface area contributed by atoms with Gasteiger partial charge in [0.25, 0.3) is 0 Å². The van der Waals surface area contributed by atoms with Crippen molar-refractivity contribution >= 4 is 28.9 Å². The van der Waals surface area contributed by atoms with Crippen LogP contribution in [0.4, 0.5) is 10.6 Å². The van der Waals surface area contributed by atoms with E-state index in [1.807, 2.05) is 0 Å². The Morgan fingerprint density at radius 1 is 1.17 bits per heavy atom. The minimum Gasteiger partial charge on any atom is -0.370 e. The maximum atomic E-state index is 12.0. The largest absolute Gasteiger partial charge is 0.370 e. The summed E-state index contributed by atoms with van der Waals surface area (Å²) in [5.41, 5.74) is 7.53. The lowest BCUT2D eigenvalue weighted by atomic mass is 10.2. The molecule has 3 heterocycles. The molecule has 0 bridgehead atoms. The molecule has 3 aromatic rings. The van der Waals surface area contributed by atoms with Gasteiger partial charge in [-0.1, -0.05) is 19.8 Å². The minimum atomic E-state index is -0.383. The Kier molecular flexibility index (Phi) is 6.67. The molecule has 3 rings (SSSR count). The molecule has 3 aromatic heterocycles. The van der Waals surface area contributed by atoms with Crippen molar-refractivity contribution < 1.29 is 9.59 Å². The third-order valence-corrected chi connectivity index (χ3v) is 4.23. The second kappa shape index (κ2) is 9.58. The van der Waals surface area contributed by atoms with E-state index in [1.165, 1.54) is 0 Å². The second-order valence-electron chi connectivity index (χ2n) is 6.59. The van der Waals surface area contributed by atoms with Crippen LogP contribution >= 0.6 is 0 Å². The van der Waals surface area contributed by atoms with Gasteiger partial charge in [-0.2, -0.15) is 5.10 Å². The van der Waals surface area contributed by atoms with Crippen LogP contribution in [0.2, 0.25) is 0 Å². The third kappa shape index (κ3) is 5.71. The molecule has 3 amide bonds. The molecule has 0 aliphatic rings. The fourth-order valence-corrected chi connectivity index (χ4v) is 2.69. The van der Waals surface area contributed by atoms with Crippen LogP contribution < -0.4 is 16.4 Å². The van der Waals surface area contributed by atoms with Gasteiger partial charge >= 0.3 is 6.03 Å². The average molecular weight is 396 g/mol. The number of nitrogens with zero attached hydrogens (tertiary/aromatic N) is 5. The highest BCUT2D eigenvalue weighted by Gasteiger charge is 2.09. The summed E-state index contributed by atoms with van der Waals surface area (Å²) in [6.07, 6.45) is 8.37. The highest BCUT2D eigenvalue weighted by molar-refractivity contribution is 5.89. The van der Waals surface area contributed by atoms with E-state index in [4.69, 9.17) is 5.73 Å². The number of primary amides is 1. The lowest BCUT2D eigenvalue weighted by molar-refractivity contribution is -0.118. The quantitative estimate of drug-likeness (QED) is 0.473. The first-order chi connectivity index (χ1) is 14.0. The van der Waals surface area contributed by atoms with Gasteiger partial charge in [0.15, 0.2) is 5.65 Å².